The van der Waals surface area contributed by atoms with Crippen molar-refractivity contribution in [2.45, 2.75) is 39.8 Å². The molecule has 0 saturated carbocycles. The number of hydrogen-bond acceptors (Lipinski definition) is 1. The number of nitrogens with zero attached hydrogens (tertiary/aromatic N) is 1. The molecule has 0 rings (SSSR count). The average Bonchev–Trinajstić information content (AvgIpc) is 1.93. The normalized spacial score (nSPS) is 14.6. The molecule has 0 saturated heterocycles. The Hall–Kier alpha value is 1.25. The van der Waals surface area contributed by atoms with Crippen molar-refractivity contribution in [2.75, 3.05) is 40.0 Å². The van der Waals surface area contributed by atoms with Crippen molar-refractivity contribution >= 4 is 21.4 Å². The second-order valence-electron chi connectivity index (χ2n) is 6.72. The van der Waals surface area contributed by atoms with Gasteiger partial charge in [0.25, 0.3) is 7.45 Å². The van der Waals surface area contributed by atoms with Gasteiger partial charge in [-0.3, -0.25) is 0 Å². The lowest BCUT2D eigenvalue weighted by Crippen LogP contribution is -2.33. The first-order valence-electron chi connectivity index (χ1n) is 6.11. The van der Waals surface area contributed by atoms with Crippen LogP contribution in [0.2, 0.25) is 0 Å². The minimum absolute atomic E-state index is 0.0705. The van der Waals surface area contributed by atoms with Gasteiger partial charge in [0.2, 0.25) is 0 Å². The number of hydrogen-bond donors (Lipinski definition) is 0. The van der Waals surface area contributed by atoms with Gasteiger partial charge in [0, 0.05) is 12.1 Å². The lowest BCUT2D eigenvalue weighted by atomic mass is 10.3. The van der Waals surface area contributed by atoms with E-state index in [1.807, 2.05) is 0 Å². The molecule has 0 aliphatic heterocycles. The highest BCUT2D eigenvalue weighted by atomic mass is 32.5. The molecule has 0 aliphatic rings. The summed E-state index contributed by atoms with van der Waals surface area (Å²) in [6.45, 7) is 23.1. The van der Waals surface area contributed by atoms with Crippen molar-refractivity contribution in [1.82, 2.24) is 4.67 Å². The molecule has 0 aromatic rings. The molecule has 0 spiro atoms. The third-order valence-electron chi connectivity index (χ3n) is 2.34. The summed E-state index contributed by atoms with van der Waals surface area (Å²) in [6, 6.07) is 1.37. The van der Waals surface area contributed by atoms with Crippen LogP contribution in [-0.4, -0.2) is 56.7 Å². The summed E-state index contributed by atoms with van der Waals surface area (Å²) >= 11 is 0. The molecular formula is C12H32NP3+2. The van der Waals surface area contributed by atoms with E-state index in [2.05, 4.69) is 72.4 Å². The van der Waals surface area contributed by atoms with Gasteiger partial charge in [0.05, 0.1) is 53.9 Å². The van der Waals surface area contributed by atoms with E-state index in [-0.39, 0.29) is 7.45 Å². The highest BCUT2D eigenvalue weighted by Crippen LogP contribution is 2.98. The van der Waals surface area contributed by atoms with E-state index in [0.717, 1.165) is 0 Å². The smallest absolute Gasteiger partial charge is 0.213 e. The Kier molecular flexibility index (Phi) is 6.39. The lowest BCUT2D eigenvalue weighted by Gasteiger charge is -2.40. The largest absolute Gasteiger partial charge is 0.286 e. The van der Waals surface area contributed by atoms with Gasteiger partial charge in [0.1, 0.15) is 0 Å². The summed E-state index contributed by atoms with van der Waals surface area (Å²) in [6.07, 6.45) is 0. The maximum absolute atomic E-state index is 2.83. The summed E-state index contributed by atoms with van der Waals surface area (Å²) in [5.74, 6) is 0. The Balaban J connectivity index is 5.32. The van der Waals surface area contributed by atoms with Crippen LogP contribution in [0, 0.1) is 0 Å². The molecule has 0 atom stereocenters. The molecule has 0 unspecified atom stereocenters. The van der Waals surface area contributed by atoms with Crippen molar-refractivity contribution in [1.29, 1.82) is 0 Å². The van der Waals surface area contributed by atoms with E-state index in [1.165, 1.54) is 0 Å². The predicted octanol–water partition coefficient (Wildman–Crippen LogP) is 5.15. The summed E-state index contributed by atoms with van der Waals surface area (Å²) in [7, 11) is 0.0705. The summed E-state index contributed by atoms with van der Waals surface area (Å²) in [5.41, 5.74) is 0. The van der Waals surface area contributed by atoms with Gasteiger partial charge in [-0.25, -0.2) is 4.67 Å². The first kappa shape index (κ1) is 17.2. The van der Waals surface area contributed by atoms with Gasteiger partial charge in [0.15, 0.2) is 0 Å². The molecule has 0 amide bonds. The molecule has 16 heavy (non-hydrogen) atoms. The zero-order valence-electron chi connectivity index (χ0n) is 12.9. The van der Waals surface area contributed by atoms with Crippen LogP contribution >= 0.6 is 21.4 Å². The standard InChI is InChI=1S/C12H32NP3/c1-11(2)13(12(3)4)14(15(5,6)7)16(8,9)10/h11-12H,1-10H3/q+2. The van der Waals surface area contributed by atoms with Crippen LogP contribution in [-0.2, 0) is 0 Å². The average molecular weight is 283 g/mol. The molecule has 4 heteroatoms. The van der Waals surface area contributed by atoms with Crippen molar-refractivity contribution in [3.05, 3.63) is 0 Å². The fourth-order valence-electron chi connectivity index (χ4n) is 2.43. The van der Waals surface area contributed by atoms with Gasteiger partial charge >= 0.3 is 0 Å². The van der Waals surface area contributed by atoms with Crippen LogP contribution in [0.3, 0.4) is 0 Å². The van der Waals surface area contributed by atoms with Gasteiger partial charge in [-0.1, -0.05) is 0 Å². The van der Waals surface area contributed by atoms with Crippen LogP contribution in [0.1, 0.15) is 27.7 Å². The molecular weight excluding hydrogens is 251 g/mol. The zero-order valence-corrected chi connectivity index (χ0v) is 15.6. The second-order valence-corrected chi connectivity index (χ2v) is 25.9. The third kappa shape index (κ3) is 4.86. The Morgan fingerprint density at radius 3 is 1.00 bits per heavy atom. The predicted molar refractivity (Wildman–Crippen MR) is 88.4 cm³/mol. The van der Waals surface area contributed by atoms with E-state index in [4.69, 9.17) is 0 Å². The summed E-state index contributed by atoms with van der Waals surface area (Å²) in [4.78, 5) is 0. The molecule has 0 heterocycles. The maximum Gasteiger partial charge on any atom is 0.286 e. The monoisotopic (exact) mass is 283 g/mol. The molecule has 0 bridgehead atoms. The van der Waals surface area contributed by atoms with E-state index in [0.29, 0.717) is 12.1 Å². The first-order valence-corrected chi connectivity index (χ1v) is 15.1. The Bertz CT molecular complexity index is 191. The fourth-order valence-corrected chi connectivity index (χ4v) is 31.6. The van der Waals surface area contributed by atoms with Crippen LogP contribution in [0.4, 0.5) is 0 Å². The highest BCUT2D eigenvalue weighted by molar-refractivity contribution is 8.68. The van der Waals surface area contributed by atoms with E-state index >= 15 is 0 Å². The lowest BCUT2D eigenvalue weighted by molar-refractivity contribution is 0.330. The van der Waals surface area contributed by atoms with E-state index in [9.17, 15) is 0 Å². The molecule has 1 nitrogen and oxygen atoms in total. The highest BCUT2D eigenvalue weighted by Gasteiger charge is 2.54. The van der Waals surface area contributed by atoms with Crippen molar-refractivity contribution in [2.24, 2.45) is 0 Å². The molecule has 0 fully saturated rings. The molecule has 0 aromatic heterocycles. The molecule has 0 N–H and O–H groups in total. The molecule has 0 aromatic carbocycles. The van der Waals surface area contributed by atoms with Crippen LogP contribution in [0.15, 0.2) is 0 Å². The summed E-state index contributed by atoms with van der Waals surface area (Å²) < 4.78 is 2.83. The van der Waals surface area contributed by atoms with Crippen LogP contribution in [0.5, 0.6) is 0 Å². The van der Waals surface area contributed by atoms with E-state index < -0.39 is 13.9 Å². The fraction of sp³-hybridized carbons (Fsp3) is 1.00. The van der Waals surface area contributed by atoms with Gasteiger partial charge in [-0.15, -0.1) is 0 Å². The zero-order chi connectivity index (χ0) is 13.3. The minimum atomic E-state index is -0.771. The summed E-state index contributed by atoms with van der Waals surface area (Å²) in [5, 5.41) is 0. The Morgan fingerprint density at radius 2 is 0.938 bits per heavy atom. The topological polar surface area (TPSA) is 3.24 Å². The van der Waals surface area contributed by atoms with Crippen molar-refractivity contribution in [3.63, 3.8) is 0 Å². The molecule has 0 aliphatic carbocycles. The van der Waals surface area contributed by atoms with Gasteiger partial charge < -0.3 is 0 Å². The SMILES string of the molecule is CC(C)N(C(C)C)P([P+](C)(C)C)[P+](C)(C)C. The Morgan fingerprint density at radius 1 is 0.688 bits per heavy atom. The van der Waals surface area contributed by atoms with E-state index in [1.54, 1.807) is 0 Å². The van der Waals surface area contributed by atoms with Gasteiger partial charge in [-0.05, 0) is 27.7 Å². The van der Waals surface area contributed by atoms with Gasteiger partial charge in [-0.2, -0.15) is 0 Å². The maximum atomic E-state index is 2.83. The molecule has 0 radical (unpaired) electrons. The van der Waals surface area contributed by atoms with Crippen molar-refractivity contribution < 1.29 is 0 Å². The molecule has 98 valence electrons. The number of rotatable bonds is 5. The quantitative estimate of drug-likeness (QED) is 0.631. The van der Waals surface area contributed by atoms with Crippen LogP contribution < -0.4 is 0 Å². The third-order valence-corrected chi connectivity index (χ3v) is 23.2. The van der Waals surface area contributed by atoms with Crippen molar-refractivity contribution in [3.8, 4) is 0 Å². The van der Waals surface area contributed by atoms with Crippen LogP contribution in [0.25, 0.3) is 0 Å². The minimum Gasteiger partial charge on any atom is -0.213 e. The Labute approximate surface area is 106 Å². The second kappa shape index (κ2) is 5.93. The first-order chi connectivity index (χ1) is 6.89.